The molecule has 1 aliphatic heterocycles. The first-order valence-electron chi connectivity index (χ1n) is 8.90. The fourth-order valence-corrected chi connectivity index (χ4v) is 4.17. The summed E-state index contributed by atoms with van der Waals surface area (Å²) in [6.07, 6.45) is 4.85. The van der Waals surface area contributed by atoms with Crippen LogP contribution in [-0.4, -0.2) is 44.3 Å². The molecule has 0 bridgehead atoms. The number of hydrogen-bond acceptors (Lipinski definition) is 6. The van der Waals surface area contributed by atoms with Crippen LogP contribution >= 0.6 is 11.3 Å². The summed E-state index contributed by atoms with van der Waals surface area (Å²) in [6.45, 7) is 4.68. The van der Waals surface area contributed by atoms with Gasteiger partial charge in [-0.2, -0.15) is 0 Å². The summed E-state index contributed by atoms with van der Waals surface area (Å²) < 4.78 is 1.94. The number of H-pyrrole nitrogens is 1. The van der Waals surface area contributed by atoms with Gasteiger partial charge in [-0.1, -0.05) is 0 Å². The molecule has 9 heteroatoms. The van der Waals surface area contributed by atoms with Crippen LogP contribution in [0, 0.1) is 6.92 Å². The largest absolute Gasteiger partial charge is 0.346 e. The Kier molecular flexibility index (Phi) is 4.81. The lowest BCUT2D eigenvalue weighted by molar-refractivity contribution is 0.0949. The Morgan fingerprint density at radius 1 is 1.44 bits per heavy atom. The van der Waals surface area contributed by atoms with Crippen molar-refractivity contribution in [2.24, 2.45) is 5.73 Å². The summed E-state index contributed by atoms with van der Waals surface area (Å²) in [7, 11) is 0. The molecule has 0 spiro atoms. The Bertz CT molecular complexity index is 1000. The smallest absolute Gasteiger partial charge is 0.261 e. The number of nitrogens with zero attached hydrogens (tertiary/aromatic N) is 3. The van der Waals surface area contributed by atoms with Crippen molar-refractivity contribution in [1.29, 1.82) is 0 Å². The number of likely N-dealkylation sites (tertiary alicyclic amines) is 1. The van der Waals surface area contributed by atoms with E-state index in [4.69, 9.17) is 5.73 Å². The Morgan fingerprint density at radius 2 is 2.30 bits per heavy atom. The van der Waals surface area contributed by atoms with Crippen LogP contribution in [0.25, 0.3) is 4.96 Å². The van der Waals surface area contributed by atoms with Crippen molar-refractivity contribution in [2.75, 3.05) is 13.1 Å². The monoisotopic (exact) mass is 386 g/mol. The molecule has 1 saturated heterocycles. The molecule has 4 heterocycles. The molecule has 3 aromatic heterocycles. The van der Waals surface area contributed by atoms with Crippen LogP contribution in [0.5, 0.6) is 0 Å². The maximum Gasteiger partial charge on any atom is 0.261 e. The number of hydrogen-bond donors (Lipinski definition) is 3. The van der Waals surface area contributed by atoms with Gasteiger partial charge in [0.25, 0.3) is 11.5 Å². The number of pyridine rings is 1. The van der Waals surface area contributed by atoms with E-state index in [1.54, 1.807) is 23.5 Å². The highest BCUT2D eigenvalue weighted by molar-refractivity contribution is 7.16. The molecule has 1 aliphatic rings. The Labute approximate surface area is 160 Å². The van der Waals surface area contributed by atoms with Crippen LogP contribution in [0.2, 0.25) is 0 Å². The SMILES string of the molecule is Cc1cn2cc(CNC(=O)c3ccc(CN4CC[C@H](N)C4)[nH]c3=O)nc2s1. The predicted octanol–water partition coefficient (Wildman–Crippen LogP) is 0.856. The number of carbonyl (C=O) groups is 1. The number of thiazole rings is 1. The minimum atomic E-state index is -0.404. The summed E-state index contributed by atoms with van der Waals surface area (Å²) in [4.78, 5) is 36.2. The van der Waals surface area contributed by atoms with Crippen molar-refractivity contribution < 1.29 is 4.79 Å². The standard InChI is InChI=1S/C18H22N6O2S/c1-11-7-24-10-14(22-18(24)27-11)6-20-16(25)15-3-2-13(21-17(15)26)9-23-5-4-12(19)8-23/h2-3,7,10,12H,4-6,8-9,19H2,1H3,(H,20,25)(H,21,26)/t12-/m0/s1. The summed E-state index contributed by atoms with van der Waals surface area (Å²) in [5, 5.41) is 2.76. The average Bonchev–Trinajstić information content (AvgIpc) is 3.27. The van der Waals surface area contributed by atoms with Crippen molar-refractivity contribution in [2.45, 2.75) is 32.5 Å². The normalized spacial score (nSPS) is 17.6. The lowest BCUT2D eigenvalue weighted by Crippen LogP contribution is -2.31. The third-order valence-corrected chi connectivity index (χ3v) is 5.58. The first-order valence-corrected chi connectivity index (χ1v) is 9.72. The number of aromatic amines is 1. The zero-order chi connectivity index (χ0) is 19.0. The van der Waals surface area contributed by atoms with E-state index in [1.165, 1.54) is 4.88 Å². The van der Waals surface area contributed by atoms with Crippen LogP contribution in [0.4, 0.5) is 0 Å². The molecular formula is C18H22N6O2S. The summed E-state index contributed by atoms with van der Waals surface area (Å²) in [5.41, 5.74) is 7.18. The van der Waals surface area contributed by atoms with Crippen LogP contribution in [0.15, 0.2) is 29.3 Å². The van der Waals surface area contributed by atoms with Gasteiger partial charge in [0, 0.05) is 48.6 Å². The molecule has 8 nitrogen and oxygen atoms in total. The highest BCUT2D eigenvalue weighted by atomic mass is 32.1. The molecule has 0 radical (unpaired) electrons. The average molecular weight is 386 g/mol. The van der Waals surface area contributed by atoms with Gasteiger partial charge in [-0.25, -0.2) is 4.98 Å². The minimum absolute atomic E-state index is 0.105. The zero-order valence-corrected chi connectivity index (χ0v) is 15.9. The lowest BCUT2D eigenvalue weighted by atomic mass is 10.2. The molecule has 1 amide bonds. The lowest BCUT2D eigenvalue weighted by Gasteiger charge is -2.15. The predicted molar refractivity (Wildman–Crippen MR) is 104 cm³/mol. The van der Waals surface area contributed by atoms with Crippen molar-refractivity contribution in [1.82, 2.24) is 24.6 Å². The quantitative estimate of drug-likeness (QED) is 0.603. The van der Waals surface area contributed by atoms with E-state index in [0.29, 0.717) is 6.54 Å². The van der Waals surface area contributed by atoms with Crippen molar-refractivity contribution in [3.8, 4) is 0 Å². The maximum atomic E-state index is 12.4. The Balaban J connectivity index is 1.39. The van der Waals surface area contributed by atoms with Gasteiger partial charge in [0.05, 0.1) is 12.2 Å². The molecule has 142 valence electrons. The molecular weight excluding hydrogens is 364 g/mol. The number of aromatic nitrogens is 3. The van der Waals surface area contributed by atoms with Gasteiger partial charge in [0.2, 0.25) is 0 Å². The molecule has 4 N–H and O–H groups in total. The number of amides is 1. The number of aryl methyl sites for hydroxylation is 1. The second kappa shape index (κ2) is 7.26. The van der Waals surface area contributed by atoms with Gasteiger partial charge < -0.3 is 16.0 Å². The fraction of sp³-hybridized carbons (Fsp3) is 0.389. The van der Waals surface area contributed by atoms with Gasteiger partial charge in [-0.15, -0.1) is 11.3 Å². The molecule has 1 fully saturated rings. The summed E-state index contributed by atoms with van der Waals surface area (Å²) in [6, 6.07) is 3.56. The summed E-state index contributed by atoms with van der Waals surface area (Å²) >= 11 is 1.59. The van der Waals surface area contributed by atoms with Crippen molar-refractivity contribution in [3.05, 3.63) is 56.7 Å². The number of carbonyl (C=O) groups excluding carboxylic acids is 1. The van der Waals surface area contributed by atoms with Crippen LogP contribution < -0.4 is 16.6 Å². The topological polar surface area (TPSA) is 109 Å². The first-order chi connectivity index (χ1) is 13.0. The van der Waals surface area contributed by atoms with Gasteiger partial charge in [-0.05, 0) is 25.5 Å². The van der Waals surface area contributed by atoms with Crippen LogP contribution in [0.1, 0.15) is 33.0 Å². The molecule has 1 atom stereocenters. The Morgan fingerprint density at radius 3 is 3.00 bits per heavy atom. The molecule has 0 unspecified atom stereocenters. The highest BCUT2D eigenvalue weighted by Crippen LogP contribution is 2.16. The molecule has 4 rings (SSSR count). The zero-order valence-electron chi connectivity index (χ0n) is 15.1. The number of imidazole rings is 1. The van der Waals surface area contributed by atoms with Crippen LogP contribution in [-0.2, 0) is 13.1 Å². The number of nitrogens with one attached hydrogen (secondary N) is 2. The second-order valence-corrected chi connectivity index (χ2v) is 8.17. The maximum absolute atomic E-state index is 12.4. The van der Waals surface area contributed by atoms with E-state index in [-0.39, 0.29) is 23.7 Å². The molecule has 0 aromatic carbocycles. The third kappa shape index (κ3) is 3.95. The van der Waals surface area contributed by atoms with E-state index in [2.05, 4.69) is 20.2 Å². The third-order valence-electron chi connectivity index (χ3n) is 4.67. The first kappa shape index (κ1) is 17.9. The van der Waals surface area contributed by atoms with Gasteiger partial charge >= 0.3 is 0 Å². The van der Waals surface area contributed by atoms with Crippen LogP contribution in [0.3, 0.4) is 0 Å². The highest BCUT2D eigenvalue weighted by Gasteiger charge is 2.19. The van der Waals surface area contributed by atoms with Gasteiger partial charge in [-0.3, -0.25) is 18.9 Å². The van der Waals surface area contributed by atoms with E-state index in [9.17, 15) is 9.59 Å². The van der Waals surface area contributed by atoms with E-state index >= 15 is 0 Å². The molecule has 27 heavy (non-hydrogen) atoms. The van der Waals surface area contributed by atoms with E-state index in [0.717, 1.165) is 35.9 Å². The van der Waals surface area contributed by atoms with Crippen molar-refractivity contribution >= 4 is 22.2 Å². The summed E-state index contributed by atoms with van der Waals surface area (Å²) in [5.74, 6) is -0.404. The molecule has 3 aromatic rings. The van der Waals surface area contributed by atoms with Gasteiger partial charge in [0.15, 0.2) is 4.96 Å². The van der Waals surface area contributed by atoms with Crippen molar-refractivity contribution in [3.63, 3.8) is 0 Å². The minimum Gasteiger partial charge on any atom is -0.346 e. The number of fused-ring (bicyclic) bond motifs is 1. The molecule has 0 saturated carbocycles. The number of rotatable bonds is 5. The molecule has 0 aliphatic carbocycles. The van der Waals surface area contributed by atoms with Gasteiger partial charge in [0.1, 0.15) is 5.56 Å². The fourth-order valence-electron chi connectivity index (χ4n) is 3.34. The van der Waals surface area contributed by atoms with E-state index in [1.807, 2.05) is 23.7 Å². The Hall–Kier alpha value is -2.49. The van der Waals surface area contributed by atoms with E-state index < -0.39 is 5.91 Å². The second-order valence-electron chi connectivity index (χ2n) is 6.96. The number of nitrogens with two attached hydrogens (primary N) is 1.